The predicted molar refractivity (Wildman–Crippen MR) is 153 cm³/mol. The Kier molecular flexibility index (Phi) is 8.39. The molecule has 1 aromatic heterocycles. The Balaban J connectivity index is 1.39. The number of tetrazole rings is 1. The van der Waals surface area contributed by atoms with Crippen LogP contribution in [0.4, 0.5) is 21.9 Å². The highest BCUT2D eigenvalue weighted by atomic mass is 35.5. The van der Waals surface area contributed by atoms with Gasteiger partial charge in [0.15, 0.2) is 0 Å². The molecule has 5 rings (SSSR count). The Morgan fingerprint density at radius 2 is 1.64 bits per heavy atom. The Hall–Kier alpha value is -5.30. The summed E-state index contributed by atoms with van der Waals surface area (Å²) in [6.07, 6.45) is 0.925. The lowest BCUT2D eigenvalue weighted by Gasteiger charge is -2.38. The quantitative estimate of drug-likeness (QED) is 0.319. The van der Waals surface area contributed by atoms with E-state index in [1.54, 1.807) is 42.5 Å². The average Bonchev–Trinajstić information content (AvgIpc) is 3.53. The summed E-state index contributed by atoms with van der Waals surface area (Å²) < 4.78 is 5.95. The molecule has 4 amide bonds. The highest BCUT2D eigenvalue weighted by Gasteiger charge is 2.39. The molecule has 3 aromatic carbocycles. The van der Waals surface area contributed by atoms with Crippen LogP contribution in [0, 0.1) is 0 Å². The number of aromatic nitrogens is 4. The molecule has 0 saturated carbocycles. The molecular weight excluding hydrogens is 564 g/mol. The zero-order valence-corrected chi connectivity index (χ0v) is 23.1. The van der Waals surface area contributed by atoms with Crippen molar-refractivity contribution in [1.82, 2.24) is 25.1 Å². The Morgan fingerprint density at radius 3 is 2.31 bits per heavy atom. The normalized spacial score (nSPS) is 14.0. The second kappa shape index (κ2) is 12.5. The summed E-state index contributed by atoms with van der Waals surface area (Å²) in [4.78, 5) is 54.8. The number of halogens is 1. The Morgan fingerprint density at radius 1 is 0.929 bits per heavy atom. The number of anilines is 3. The summed E-state index contributed by atoms with van der Waals surface area (Å²) in [5.74, 6) is -1.31. The van der Waals surface area contributed by atoms with Gasteiger partial charge in [-0.05, 0) is 58.5 Å². The van der Waals surface area contributed by atoms with E-state index in [2.05, 4.69) is 30.9 Å². The third-order valence-corrected chi connectivity index (χ3v) is 6.81. The molecule has 2 heterocycles. The lowest BCUT2D eigenvalue weighted by atomic mass is 10.0. The largest absolute Gasteiger partial charge is 0.453 e. The van der Waals surface area contributed by atoms with Crippen molar-refractivity contribution in [1.29, 1.82) is 0 Å². The van der Waals surface area contributed by atoms with E-state index in [-0.39, 0.29) is 19.5 Å². The number of carbonyl (C=O) groups is 4. The van der Waals surface area contributed by atoms with Gasteiger partial charge in [0.1, 0.15) is 25.5 Å². The van der Waals surface area contributed by atoms with Gasteiger partial charge in [-0.3, -0.25) is 24.6 Å². The van der Waals surface area contributed by atoms with Gasteiger partial charge in [0, 0.05) is 22.8 Å². The summed E-state index contributed by atoms with van der Waals surface area (Å²) in [6, 6.07) is 19.5. The van der Waals surface area contributed by atoms with Crippen LogP contribution in [0.3, 0.4) is 0 Å². The number of nitrogens with zero attached hydrogens (tertiary/aromatic N) is 6. The van der Waals surface area contributed by atoms with E-state index in [1.807, 2.05) is 30.3 Å². The van der Waals surface area contributed by atoms with Crippen LogP contribution >= 0.6 is 11.6 Å². The zero-order valence-electron chi connectivity index (χ0n) is 22.3. The fraction of sp³-hybridized carbons (Fsp3) is 0.179. The summed E-state index contributed by atoms with van der Waals surface area (Å²) in [5.41, 5.74) is 2.55. The molecule has 0 spiro atoms. The minimum absolute atomic E-state index is 0.181. The monoisotopic (exact) mass is 588 g/mol. The first kappa shape index (κ1) is 28.2. The van der Waals surface area contributed by atoms with Crippen LogP contribution in [-0.4, -0.2) is 75.2 Å². The van der Waals surface area contributed by atoms with Crippen molar-refractivity contribution in [2.45, 2.75) is 12.5 Å². The van der Waals surface area contributed by atoms with Crippen LogP contribution in [0.2, 0.25) is 5.02 Å². The van der Waals surface area contributed by atoms with E-state index in [4.69, 9.17) is 11.6 Å². The number of benzene rings is 3. The first-order valence-electron chi connectivity index (χ1n) is 12.7. The van der Waals surface area contributed by atoms with Gasteiger partial charge in [-0.25, -0.2) is 4.79 Å². The van der Waals surface area contributed by atoms with E-state index < -0.39 is 29.9 Å². The number of nitrogens with one attached hydrogen (secondary N) is 2. The van der Waals surface area contributed by atoms with Crippen LogP contribution in [0.25, 0.3) is 5.69 Å². The summed E-state index contributed by atoms with van der Waals surface area (Å²) in [5, 5.41) is 16.9. The second-order valence-corrected chi connectivity index (χ2v) is 9.71. The fourth-order valence-corrected chi connectivity index (χ4v) is 4.69. The van der Waals surface area contributed by atoms with Gasteiger partial charge in [0.2, 0.25) is 17.7 Å². The first-order valence-corrected chi connectivity index (χ1v) is 13.1. The van der Waals surface area contributed by atoms with Gasteiger partial charge < -0.3 is 15.0 Å². The van der Waals surface area contributed by atoms with Gasteiger partial charge in [-0.15, -0.1) is 5.10 Å². The molecule has 0 radical (unpaired) electrons. The lowest BCUT2D eigenvalue weighted by Crippen LogP contribution is -2.60. The molecule has 0 bridgehead atoms. The maximum absolute atomic E-state index is 13.6. The summed E-state index contributed by atoms with van der Waals surface area (Å²) in [7, 11) is 1.25. The van der Waals surface area contributed by atoms with Crippen LogP contribution in [0.5, 0.6) is 0 Å². The van der Waals surface area contributed by atoms with Crippen molar-refractivity contribution in [2.75, 3.05) is 35.7 Å². The molecule has 0 aliphatic carbocycles. The molecule has 13 nitrogen and oxygen atoms in total. The number of methoxy groups -OCH3 is 1. The van der Waals surface area contributed by atoms with Gasteiger partial charge in [0.25, 0.3) is 0 Å². The molecule has 1 saturated heterocycles. The van der Waals surface area contributed by atoms with E-state index in [0.717, 1.165) is 5.56 Å². The predicted octanol–water partition coefficient (Wildman–Crippen LogP) is 2.92. The number of hydrogen-bond acceptors (Lipinski definition) is 8. The number of piperazine rings is 1. The molecule has 214 valence electrons. The molecule has 42 heavy (non-hydrogen) atoms. The molecule has 1 aliphatic rings. The van der Waals surface area contributed by atoms with Crippen molar-refractivity contribution in [3.8, 4) is 5.69 Å². The highest BCUT2D eigenvalue weighted by Crippen LogP contribution is 2.30. The Labute approximate surface area is 245 Å². The van der Waals surface area contributed by atoms with E-state index >= 15 is 0 Å². The summed E-state index contributed by atoms with van der Waals surface area (Å²) >= 11 is 6.24. The fourth-order valence-electron chi connectivity index (χ4n) is 4.53. The molecule has 1 fully saturated rings. The maximum atomic E-state index is 13.6. The highest BCUT2D eigenvalue weighted by molar-refractivity contribution is 6.31. The van der Waals surface area contributed by atoms with Crippen LogP contribution in [-0.2, 0) is 25.5 Å². The molecule has 1 atom stereocenters. The third-order valence-electron chi connectivity index (χ3n) is 6.58. The number of amides is 4. The standard InChI is InChI=1S/C28H25ClN8O5/c1-42-28(41)32-21-10-8-20(9-11-21)31-27(40)24(13-18-5-3-2-4-6-18)36-16-25(38)35(15-26(36)39)23-14-19(29)7-12-22(23)37-17-30-33-34-37/h2-12,14,17,24H,13,15-16H2,1H3,(H,31,40)(H,32,41). The third kappa shape index (κ3) is 6.36. The van der Waals surface area contributed by atoms with Crippen LogP contribution in [0.1, 0.15) is 5.56 Å². The molecule has 1 unspecified atom stereocenters. The maximum Gasteiger partial charge on any atom is 0.411 e. The van der Waals surface area contributed by atoms with E-state index in [1.165, 1.54) is 27.9 Å². The minimum atomic E-state index is -0.989. The molecule has 1 aliphatic heterocycles. The van der Waals surface area contributed by atoms with E-state index in [9.17, 15) is 19.2 Å². The Bertz CT molecular complexity index is 1600. The van der Waals surface area contributed by atoms with Crippen molar-refractivity contribution in [3.63, 3.8) is 0 Å². The SMILES string of the molecule is COC(=O)Nc1ccc(NC(=O)C(Cc2ccccc2)N2CC(=O)N(c3cc(Cl)ccc3-n3cnnn3)CC2=O)cc1. The molecule has 14 heteroatoms. The topological polar surface area (TPSA) is 152 Å². The van der Waals surface area contributed by atoms with Gasteiger partial charge in [-0.2, -0.15) is 4.68 Å². The average molecular weight is 589 g/mol. The smallest absolute Gasteiger partial charge is 0.411 e. The van der Waals surface area contributed by atoms with Gasteiger partial charge in [0.05, 0.1) is 18.5 Å². The molecular formula is C28H25ClN8O5. The summed E-state index contributed by atoms with van der Waals surface area (Å²) in [6.45, 7) is -0.659. The van der Waals surface area contributed by atoms with Gasteiger partial charge in [-0.1, -0.05) is 41.9 Å². The number of ether oxygens (including phenoxy) is 1. The van der Waals surface area contributed by atoms with Crippen molar-refractivity contribution in [3.05, 3.63) is 89.7 Å². The molecule has 4 aromatic rings. The van der Waals surface area contributed by atoms with Crippen LogP contribution in [0.15, 0.2) is 79.1 Å². The first-order chi connectivity index (χ1) is 20.3. The number of carbonyl (C=O) groups excluding carboxylic acids is 4. The number of hydrogen-bond donors (Lipinski definition) is 2. The van der Waals surface area contributed by atoms with Crippen molar-refractivity contribution in [2.24, 2.45) is 0 Å². The lowest BCUT2D eigenvalue weighted by molar-refractivity contribution is -0.143. The molecule has 2 N–H and O–H groups in total. The van der Waals surface area contributed by atoms with Gasteiger partial charge >= 0.3 is 6.09 Å². The van der Waals surface area contributed by atoms with E-state index in [0.29, 0.717) is 27.8 Å². The second-order valence-electron chi connectivity index (χ2n) is 9.28. The van der Waals surface area contributed by atoms with Crippen molar-refractivity contribution < 1.29 is 23.9 Å². The van der Waals surface area contributed by atoms with Crippen LogP contribution < -0.4 is 15.5 Å². The number of rotatable bonds is 8. The zero-order chi connectivity index (χ0) is 29.6. The van der Waals surface area contributed by atoms with Crippen molar-refractivity contribution >= 4 is 52.5 Å². The minimum Gasteiger partial charge on any atom is -0.453 e.